The van der Waals surface area contributed by atoms with E-state index < -0.39 is 0 Å². The largest absolute Gasteiger partial charge is 0.323 e. The molecule has 0 saturated carbocycles. The molecule has 1 aliphatic heterocycles. The van der Waals surface area contributed by atoms with Crippen molar-refractivity contribution in [3.05, 3.63) is 28.2 Å². The van der Waals surface area contributed by atoms with Crippen LogP contribution in [0, 0.1) is 0 Å². The third kappa shape index (κ3) is 3.62. The standard InChI is InChI=1S/C14H18Cl2N2O/c1-10(18-8-3-2-4-9-18)14(19)17-12-7-5-6-11(15)13(12)16/h5-7,10H,2-4,8-9H2,1H3,(H,17,19)/t10-/m1/s1. The number of rotatable bonds is 3. The molecular formula is C14H18Cl2N2O. The molecule has 0 aliphatic carbocycles. The van der Waals surface area contributed by atoms with Gasteiger partial charge in [-0.05, 0) is 45.0 Å². The smallest absolute Gasteiger partial charge is 0.241 e. The quantitative estimate of drug-likeness (QED) is 0.921. The van der Waals surface area contributed by atoms with Crippen molar-refractivity contribution >= 4 is 34.8 Å². The van der Waals surface area contributed by atoms with Crippen molar-refractivity contribution in [2.45, 2.75) is 32.2 Å². The fraction of sp³-hybridized carbons (Fsp3) is 0.500. The lowest BCUT2D eigenvalue weighted by Crippen LogP contribution is -2.44. The average molecular weight is 301 g/mol. The minimum Gasteiger partial charge on any atom is -0.323 e. The summed E-state index contributed by atoms with van der Waals surface area (Å²) in [6.45, 7) is 3.90. The van der Waals surface area contributed by atoms with E-state index in [4.69, 9.17) is 23.2 Å². The van der Waals surface area contributed by atoms with Crippen molar-refractivity contribution in [2.75, 3.05) is 18.4 Å². The fourth-order valence-corrected chi connectivity index (χ4v) is 2.66. The van der Waals surface area contributed by atoms with E-state index in [-0.39, 0.29) is 11.9 Å². The summed E-state index contributed by atoms with van der Waals surface area (Å²) in [5.74, 6) is -0.0360. The number of nitrogens with one attached hydrogen (secondary N) is 1. The molecule has 1 saturated heterocycles. The van der Waals surface area contributed by atoms with Gasteiger partial charge in [0.05, 0.1) is 21.8 Å². The van der Waals surface area contributed by atoms with Crippen molar-refractivity contribution in [3.63, 3.8) is 0 Å². The highest BCUT2D eigenvalue weighted by atomic mass is 35.5. The molecule has 2 rings (SSSR count). The monoisotopic (exact) mass is 300 g/mol. The van der Waals surface area contributed by atoms with Crippen LogP contribution in [0.25, 0.3) is 0 Å². The van der Waals surface area contributed by atoms with Gasteiger partial charge in [-0.2, -0.15) is 0 Å². The number of carbonyl (C=O) groups is 1. The molecule has 0 bridgehead atoms. The Kier molecular flexibility index (Phi) is 5.08. The van der Waals surface area contributed by atoms with Crippen molar-refractivity contribution in [2.24, 2.45) is 0 Å². The van der Waals surface area contributed by atoms with Crippen molar-refractivity contribution in [1.82, 2.24) is 4.90 Å². The van der Waals surface area contributed by atoms with Gasteiger partial charge in [0.25, 0.3) is 0 Å². The summed E-state index contributed by atoms with van der Waals surface area (Å²) in [4.78, 5) is 14.4. The van der Waals surface area contributed by atoms with Crippen LogP contribution in [-0.4, -0.2) is 29.9 Å². The maximum absolute atomic E-state index is 12.2. The summed E-state index contributed by atoms with van der Waals surface area (Å²) in [7, 11) is 0. The predicted octanol–water partition coefficient (Wildman–Crippen LogP) is 3.81. The number of halogens is 2. The van der Waals surface area contributed by atoms with E-state index in [0.717, 1.165) is 25.9 Å². The zero-order chi connectivity index (χ0) is 13.8. The SMILES string of the molecule is C[C@H](C(=O)Nc1cccc(Cl)c1Cl)N1CCCCC1. The molecule has 0 aromatic heterocycles. The molecule has 104 valence electrons. The average Bonchev–Trinajstić information content (AvgIpc) is 2.44. The Morgan fingerprint density at radius 1 is 1.26 bits per heavy atom. The van der Waals surface area contributed by atoms with Crippen LogP contribution in [0.4, 0.5) is 5.69 Å². The number of hydrogen-bond acceptors (Lipinski definition) is 2. The van der Waals surface area contributed by atoms with Gasteiger partial charge in [0.15, 0.2) is 0 Å². The van der Waals surface area contributed by atoms with Gasteiger partial charge in [0.2, 0.25) is 5.91 Å². The number of carbonyl (C=O) groups excluding carboxylic acids is 1. The minimum absolute atomic E-state index is 0.0360. The van der Waals surface area contributed by atoms with Crippen LogP contribution in [0.15, 0.2) is 18.2 Å². The first kappa shape index (κ1) is 14.6. The van der Waals surface area contributed by atoms with E-state index in [9.17, 15) is 4.79 Å². The van der Waals surface area contributed by atoms with Gasteiger partial charge in [-0.15, -0.1) is 0 Å². The second-order valence-electron chi connectivity index (χ2n) is 4.86. The van der Waals surface area contributed by atoms with Gasteiger partial charge in [0, 0.05) is 0 Å². The van der Waals surface area contributed by atoms with Crippen LogP contribution in [0.1, 0.15) is 26.2 Å². The maximum Gasteiger partial charge on any atom is 0.241 e. The summed E-state index contributed by atoms with van der Waals surface area (Å²) in [5, 5.41) is 3.69. The molecule has 1 aromatic rings. The van der Waals surface area contributed by atoms with Crippen LogP contribution in [0.5, 0.6) is 0 Å². The second kappa shape index (κ2) is 6.60. The highest BCUT2D eigenvalue weighted by molar-refractivity contribution is 6.44. The number of anilines is 1. The van der Waals surface area contributed by atoms with E-state index in [1.807, 2.05) is 6.92 Å². The molecule has 1 aromatic carbocycles. The predicted molar refractivity (Wildman–Crippen MR) is 80.0 cm³/mol. The van der Waals surface area contributed by atoms with Gasteiger partial charge >= 0.3 is 0 Å². The Morgan fingerprint density at radius 3 is 2.63 bits per heavy atom. The number of amides is 1. The van der Waals surface area contributed by atoms with E-state index in [2.05, 4.69) is 10.2 Å². The molecule has 19 heavy (non-hydrogen) atoms. The molecular weight excluding hydrogens is 283 g/mol. The first-order chi connectivity index (χ1) is 9.09. The normalized spacial score (nSPS) is 18.1. The molecule has 0 radical (unpaired) electrons. The molecule has 0 unspecified atom stereocenters. The van der Waals surface area contributed by atoms with Crippen LogP contribution >= 0.6 is 23.2 Å². The second-order valence-corrected chi connectivity index (χ2v) is 5.65. The number of benzene rings is 1. The molecule has 1 aliphatic rings. The van der Waals surface area contributed by atoms with Crippen LogP contribution in [-0.2, 0) is 4.79 Å². The van der Waals surface area contributed by atoms with Gasteiger partial charge in [0.1, 0.15) is 0 Å². The molecule has 3 nitrogen and oxygen atoms in total. The number of nitrogens with zero attached hydrogens (tertiary/aromatic N) is 1. The summed E-state index contributed by atoms with van der Waals surface area (Å²) < 4.78 is 0. The molecule has 1 N–H and O–H groups in total. The molecule has 1 amide bonds. The fourth-order valence-electron chi connectivity index (χ4n) is 2.31. The Morgan fingerprint density at radius 2 is 1.95 bits per heavy atom. The molecule has 0 spiro atoms. The number of piperidine rings is 1. The lowest BCUT2D eigenvalue weighted by Gasteiger charge is -2.31. The topological polar surface area (TPSA) is 32.3 Å². The Balaban J connectivity index is 2.01. The van der Waals surface area contributed by atoms with Gasteiger partial charge in [-0.3, -0.25) is 9.69 Å². The van der Waals surface area contributed by atoms with E-state index in [0.29, 0.717) is 15.7 Å². The summed E-state index contributed by atoms with van der Waals surface area (Å²) in [6, 6.07) is 5.09. The lowest BCUT2D eigenvalue weighted by molar-refractivity contribution is -0.121. The lowest BCUT2D eigenvalue weighted by atomic mass is 10.1. The maximum atomic E-state index is 12.2. The van der Waals surface area contributed by atoms with Crippen LogP contribution in [0.3, 0.4) is 0 Å². The highest BCUT2D eigenvalue weighted by Crippen LogP contribution is 2.29. The van der Waals surface area contributed by atoms with Gasteiger partial charge in [-0.25, -0.2) is 0 Å². The van der Waals surface area contributed by atoms with Gasteiger partial charge < -0.3 is 5.32 Å². The Hall–Kier alpha value is -0.770. The summed E-state index contributed by atoms with van der Waals surface area (Å²) in [6.07, 6.45) is 3.58. The molecule has 1 heterocycles. The zero-order valence-electron chi connectivity index (χ0n) is 11.0. The third-order valence-corrected chi connectivity index (χ3v) is 4.35. The molecule has 1 atom stereocenters. The van der Waals surface area contributed by atoms with E-state index in [1.165, 1.54) is 6.42 Å². The minimum atomic E-state index is -0.143. The van der Waals surface area contributed by atoms with E-state index >= 15 is 0 Å². The first-order valence-electron chi connectivity index (χ1n) is 6.58. The molecule has 5 heteroatoms. The third-order valence-electron chi connectivity index (χ3n) is 3.53. The summed E-state index contributed by atoms with van der Waals surface area (Å²) >= 11 is 12.0. The zero-order valence-corrected chi connectivity index (χ0v) is 12.5. The highest BCUT2D eigenvalue weighted by Gasteiger charge is 2.23. The van der Waals surface area contributed by atoms with Gasteiger partial charge in [-0.1, -0.05) is 35.7 Å². The van der Waals surface area contributed by atoms with Crippen molar-refractivity contribution < 1.29 is 4.79 Å². The van der Waals surface area contributed by atoms with Crippen LogP contribution in [0.2, 0.25) is 10.0 Å². The number of hydrogen-bond donors (Lipinski definition) is 1. The number of likely N-dealkylation sites (tertiary alicyclic amines) is 1. The summed E-state index contributed by atoms with van der Waals surface area (Å²) in [5.41, 5.74) is 0.572. The first-order valence-corrected chi connectivity index (χ1v) is 7.34. The Labute approximate surface area is 123 Å². The Bertz CT molecular complexity index is 459. The van der Waals surface area contributed by atoms with Crippen molar-refractivity contribution in [3.8, 4) is 0 Å². The van der Waals surface area contributed by atoms with Crippen LogP contribution < -0.4 is 5.32 Å². The van der Waals surface area contributed by atoms with E-state index in [1.54, 1.807) is 18.2 Å². The van der Waals surface area contributed by atoms with Crippen molar-refractivity contribution in [1.29, 1.82) is 0 Å². The molecule has 1 fully saturated rings.